The van der Waals surface area contributed by atoms with E-state index in [0.29, 0.717) is 12.2 Å². The number of rotatable bonds is 5. The highest BCUT2D eigenvalue weighted by molar-refractivity contribution is 7.90. The molecule has 1 aromatic rings. The molecule has 5 nitrogen and oxygen atoms in total. The molecule has 100 valence electrons. The summed E-state index contributed by atoms with van der Waals surface area (Å²) in [6.45, 7) is 2.64. The van der Waals surface area contributed by atoms with Crippen molar-refractivity contribution in [2.24, 2.45) is 0 Å². The highest BCUT2D eigenvalue weighted by Crippen LogP contribution is 2.14. The minimum absolute atomic E-state index is 0.189. The molecule has 6 heteroatoms. The average Bonchev–Trinajstić information content (AvgIpc) is 2.28. The van der Waals surface area contributed by atoms with Crippen LogP contribution in [0, 0.1) is 0 Å². The van der Waals surface area contributed by atoms with Crippen LogP contribution in [0.1, 0.15) is 19.8 Å². The van der Waals surface area contributed by atoms with E-state index in [1.807, 2.05) is 6.92 Å². The molecule has 0 radical (unpaired) electrons. The Bertz CT molecular complexity index is 512. The van der Waals surface area contributed by atoms with E-state index >= 15 is 0 Å². The maximum Gasteiger partial charge on any atom is 0.319 e. The Labute approximate surface area is 108 Å². The maximum absolute atomic E-state index is 11.5. The van der Waals surface area contributed by atoms with Gasteiger partial charge in [-0.2, -0.15) is 0 Å². The lowest BCUT2D eigenvalue weighted by molar-refractivity contribution is 0.252. The second-order valence-corrected chi connectivity index (χ2v) is 6.05. The molecule has 0 aliphatic heterocycles. The van der Waals surface area contributed by atoms with Gasteiger partial charge < -0.3 is 10.6 Å². The number of carbonyl (C=O) groups is 1. The number of nitrogens with one attached hydrogen (secondary N) is 2. The van der Waals surface area contributed by atoms with Crippen molar-refractivity contribution in [3.63, 3.8) is 0 Å². The summed E-state index contributed by atoms with van der Waals surface area (Å²) in [6.07, 6.45) is 3.05. The molecule has 0 atom stereocenters. The van der Waals surface area contributed by atoms with E-state index in [1.165, 1.54) is 12.1 Å². The molecule has 0 unspecified atom stereocenters. The van der Waals surface area contributed by atoms with E-state index in [9.17, 15) is 13.2 Å². The number of amides is 2. The zero-order valence-corrected chi connectivity index (χ0v) is 11.4. The predicted octanol–water partition coefficient (Wildman–Crippen LogP) is 2.01. The molecule has 0 bridgehead atoms. The summed E-state index contributed by atoms with van der Waals surface area (Å²) in [7, 11) is -3.25. The molecule has 0 heterocycles. The molecule has 0 fully saturated rings. The standard InChI is InChI=1S/C12H18N2O3S/c1-3-4-8-13-12(15)14-10-6-5-7-11(9-10)18(2,16)17/h5-7,9H,3-4,8H2,1-2H3,(H2,13,14,15). The topological polar surface area (TPSA) is 75.3 Å². The summed E-state index contributed by atoms with van der Waals surface area (Å²) < 4.78 is 22.7. The Morgan fingerprint density at radius 1 is 1.33 bits per heavy atom. The number of benzene rings is 1. The molecule has 2 amide bonds. The van der Waals surface area contributed by atoms with Crippen molar-refractivity contribution >= 4 is 21.6 Å². The molecule has 0 spiro atoms. The van der Waals surface area contributed by atoms with Crippen LogP contribution in [0.15, 0.2) is 29.2 Å². The van der Waals surface area contributed by atoms with E-state index < -0.39 is 9.84 Å². The van der Waals surface area contributed by atoms with E-state index in [1.54, 1.807) is 12.1 Å². The van der Waals surface area contributed by atoms with Crippen molar-refractivity contribution in [1.29, 1.82) is 0 Å². The number of sulfone groups is 1. The zero-order chi connectivity index (χ0) is 13.6. The fraction of sp³-hybridized carbons (Fsp3) is 0.417. The SMILES string of the molecule is CCCCNC(=O)Nc1cccc(S(C)(=O)=O)c1. The molecular weight excluding hydrogens is 252 g/mol. The quantitative estimate of drug-likeness (QED) is 0.804. The first-order chi connectivity index (χ1) is 8.43. The van der Waals surface area contributed by atoms with Crippen molar-refractivity contribution in [2.75, 3.05) is 18.1 Å². The fourth-order valence-corrected chi connectivity index (χ4v) is 2.03. The summed E-state index contributed by atoms with van der Waals surface area (Å²) in [5, 5.41) is 5.29. The van der Waals surface area contributed by atoms with Crippen LogP contribution in [0.4, 0.5) is 10.5 Å². The first-order valence-corrected chi connectivity index (χ1v) is 7.67. The molecule has 0 aliphatic carbocycles. The van der Waals surface area contributed by atoms with Crippen molar-refractivity contribution in [3.8, 4) is 0 Å². The molecule has 0 aromatic heterocycles. The van der Waals surface area contributed by atoms with Gasteiger partial charge >= 0.3 is 6.03 Å². The van der Waals surface area contributed by atoms with Crippen LogP contribution < -0.4 is 10.6 Å². The minimum atomic E-state index is -3.25. The van der Waals surface area contributed by atoms with E-state index in [-0.39, 0.29) is 10.9 Å². The Hall–Kier alpha value is -1.56. The summed E-state index contributed by atoms with van der Waals surface area (Å²) in [4.78, 5) is 11.7. The van der Waals surface area contributed by atoms with Crippen molar-refractivity contribution in [3.05, 3.63) is 24.3 Å². The van der Waals surface area contributed by atoms with Crippen LogP contribution >= 0.6 is 0 Å². The third-order valence-electron chi connectivity index (χ3n) is 2.34. The van der Waals surface area contributed by atoms with Gasteiger partial charge in [-0.15, -0.1) is 0 Å². The number of anilines is 1. The first-order valence-electron chi connectivity index (χ1n) is 5.78. The second kappa shape index (κ2) is 6.39. The summed E-state index contributed by atoms with van der Waals surface area (Å²) in [5.74, 6) is 0. The van der Waals surface area contributed by atoms with E-state index in [4.69, 9.17) is 0 Å². The van der Waals surface area contributed by atoms with Gasteiger partial charge in [0.15, 0.2) is 9.84 Å². The van der Waals surface area contributed by atoms with Crippen LogP contribution in [0.3, 0.4) is 0 Å². The van der Waals surface area contributed by atoms with Crippen LogP contribution in [0.25, 0.3) is 0 Å². The molecule has 0 saturated carbocycles. The van der Waals surface area contributed by atoms with Gasteiger partial charge in [-0.05, 0) is 24.6 Å². The lowest BCUT2D eigenvalue weighted by Gasteiger charge is -2.08. The number of hydrogen-bond donors (Lipinski definition) is 2. The fourth-order valence-electron chi connectivity index (χ4n) is 1.36. The molecule has 2 N–H and O–H groups in total. The molecule has 18 heavy (non-hydrogen) atoms. The van der Waals surface area contributed by atoms with Crippen LogP contribution in [0.5, 0.6) is 0 Å². The summed E-state index contributed by atoms with van der Waals surface area (Å²) in [6, 6.07) is 5.85. The molecular formula is C12H18N2O3S. The highest BCUT2D eigenvalue weighted by Gasteiger charge is 2.08. The average molecular weight is 270 g/mol. The first kappa shape index (κ1) is 14.5. The second-order valence-electron chi connectivity index (χ2n) is 4.03. The normalized spacial score (nSPS) is 11.0. The van der Waals surface area contributed by atoms with Crippen LogP contribution in [0.2, 0.25) is 0 Å². The van der Waals surface area contributed by atoms with Gasteiger partial charge in [0.2, 0.25) is 0 Å². The molecule has 0 saturated heterocycles. The van der Waals surface area contributed by atoms with Gasteiger partial charge in [-0.1, -0.05) is 19.4 Å². The predicted molar refractivity (Wildman–Crippen MR) is 71.5 cm³/mol. The van der Waals surface area contributed by atoms with E-state index in [0.717, 1.165) is 19.1 Å². The Morgan fingerprint density at radius 2 is 2.06 bits per heavy atom. The summed E-state index contributed by atoms with van der Waals surface area (Å²) in [5.41, 5.74) is 0.465. The highest BCUT2D eigenvalue weighted by atomic mass is 32.2. The van der Waals surface area contributed by atoms with Gasteiger partial charge in [0.25, 0.3) is 0 Å². The van der Waals surface area contributed by atoms with Crippen molar-refractivity contribution in [2.45, 2.75) is 24.7 Å². The maximum atomic E-state index is 11.5. The van der Waals surface area contributed by atoms with E-state index in [2.05, 4.69) is 10.6 Å². The van der Waals surface area contributed by atoms with Gasteiger partial charge in [0.05, 0.1) is 4.90 Å². The summed E-state index contributed by atoms with van der Waals surface area (Å²) >= 11 is 0. The third-order valence-corrected chi connectivity index (χ3v) is 3.45. The zero-order valence-electron chi connectivity index (χ0n) is 10.6. The van der Waals surface area contributed by atoms with Crippen molar-refractivity contribution < 1.29 is 13.2 Å². The minimum Gasteiger partial charge on any atom is -0.338 e. The Kier molecular flexibility index (Phi) is 5.15. The Balaban J connectivity index is 2.65. The Morgan fingerprint density at radius 3 is 2.67 bits per heavy atom. The number of urea groups is 1. The van der Waals surface area contributed by atoms with Gasteiger partial charge in [-0.3, -0.25) is 0 Å². The lowest BCUT2D eigenvalue weighted by atomic mass is 10.3. The number of carbonyl (C=O) groups excluding carboxylic acids is 1. The smallest absolute Gasteiger partial charge is 0.319 e. The van der Waals surface area contributed by atoms with Gasteiger partial charge in [-0.25, -0.2) is 13.2 Å². The lowest BCUT2D eigenvalue weighted by Crippen LogP contribution is -2.29. The molecule has 1 rings (SSSR count). The largest absolute Gasteiger partial charge is 0.338 e. The molecule has 0 aliphatic rings. The van der Waals surface area contributed by atoms with Gasteiger partial charge in [0, 0.05) is 18.5 Å². The molecule has 1 aromatic carbocycles. The van der Waals surface area contributed by atoms with Gasteiger partial charge in [0.1, 0.15) is 0 Å². The van der Waals surface area contributed by atoms with Crippen LogP contribution in [-0.4, -0.2) is 27.2 Å². The van der Waals surface area contributed by atoms with Crippen LogP contribution in [-0.2, 0) is 9.84 Å². The monoisotopic (exact) mass is 270 g/mol. The number of hydrogen-bond acceptors (Lipinski definition) is 3. The number of unbranched alkanes of at least 4 members (excludes halogenated alkanes) is 1. The third kappa shape index (κ3) is 4.75. The van der Waals surface area contributed by atoms with Crippen molar-refractivity contribution in [1.82, 2.24) is 5.32 Å².